The van der Waals surface area contributed by atoms with Gasteiger partial charge < -0.3 is 9.84 Å². The summed E-state index contributed by atoms with van der Waals surface area (Å²) in [7, 11) is 1.64. The second-order valence-corrected chi connectivity index (χ2v) is 6.92. The van der Waals surface area contributed by atoms with Crippen LogP contribution in [-0.2, 0) is 10.2 Å². The van der Waals surface area contributed by atoms with Crippen LogP contribution in [0.4, 0.5) is 0 Å². The summed E-state index contributed by atoms with van der Waals surface area (Å²) in [6.07, 6.45) is 4.84. The molecule has 0 spiro atoms. The first kappa shape index (κ1) is 16.2. The molecule has 0 aliphatic heterocycles. The number of rotatable bonds is 5. The molecule has 0 atom stereocenters. The molecule has 1 N–H and O–H groups in total. The van der Waals surface area contributed by atoms with Crippen molar-refractivity contribution in [2.45, 2.75) is 57.3 Å². The van der Waals surface area contributed by atoms with E-state index in [9.17, 15) is 4.79 Å². The van der Waals surface area contributed by atoms with E-state index in [2.05, 4.69) is 6.07 Å². The molecule has 0 heterocycles. The summed E-state index contributed by atoms with van der Waals surface area (Å²) in [5.41, 5.74) is 1.66. The Balaban J connectivity index is 2.46. The molecule has 21 heavy (non-hydrogen) atoms. The van der Waals surface area contributed by atoms with Crippen LogP contribution in [0.1, 0.15) is 63.0 Å². The number of benzene rings is 1. The Hall–Kier alpha value is -1.22. The van der Waals surface area contributed by atoms with Gasteiger partial charge in [-0.15, -0.1) is 0 Å². The quantitative estimate of drug-likeness (QED) is 0.853. The molecule has 3 nitrogen and oxygen atoms in total. The van der Waals surface area contributed by atoms with E-state index in [0.29, 0.717) is 10.9 Å². The summed E-state index contributed by atoms with van der Waals surface area (Å²) in [5.74, 6) is 0.422. The van der Waals surface area contributed by atoms with Crippen LogP contribution in [0.15, 0.2) is 12.1 Å². The summed E-state index contributed by atoms with van der Waals surface area (Å²) in [5, 5.41) is 9.68. The third-order valence-corrected chi connectivity index (χ3v) is 4.73. The van der Waals surface area contributed by atoms with Crippen LogP contribution in [0.3, 0.4) is 0 Å². The second-order valence-electron chi connectivity index (χ2n) is 6.52. The number of halogens is 1. The van der Waals surface area contributed by atoms with E-state index in [1.54, 1.807) is 7.11 Å². The third-order valence-electron chi connectivity index (χ3n) is 4.45. The molecule has 1 aliphatic carbocycles. The molecule has 0 radical (unpaired) electrons. The van der Waals surface area contributed by atoms with Crippen LogP contribution < -0.4 is 4.74 Å². The van der Waals surface area contributed by atoms with Gasteiger partial charge in [-0.05, 0) is 36.0 Å². The van der Waals surface area contributed by atoms with Gasteiger partial charge in [0.15, 0.2) is 0 Å². The topological polar surface area (TPSA) is 46.5 Å². The fraction of sp³-hybridized carbons (Fsp3) is 0.588. The van der Waals surface area contributed by atoms with Crippen molar-refractivity contribution in [1.82, 2.24) is 0 Å². The highest BCUT2D eigenvalue weighted by molar-refractivity contribution is 6.32. The Morgan fingerprint density at radius 2 is 2.00 bits per heavy atom. The minimum absolute atomic E-state index is 0.0831. The van der Waals surface area contributed by atoms with Gasteiger partial charge in [-0.2, -0.15) is 0 Å². The lowest BCUT2D eigenvalue weighted by atomic mass is 9.79. The summed E-state index contributed by atoms with van der Waals surface area (Å²) in [6.45, 7) is 3.88. The normalized spacial score (nSPS) is 16.2. The van der Waals surface area contributed by atoms with Gasteiger partial charge in [-0.25, -0.2) is 0 Å². The number of carboxylic acids is 1. The van der Waals surface area contributed by atoms with Crippen molar-refractivity contribution in [1.29, 1.82) is 0 Å². The van der Waals surface area contributed by atoms with E-state index in [4.69, 9.17) is 21.4 Å². The maximum atomic E-state index is 11.1. The number of carboxylic acid groups (broad SMARTS) is 1. The van der Waals surface area contributed by atoms with E-state index in [-0.39, 0.29) is 6.42 Å². The number of methoxy groups -OCH3 is 1. The average Bonchev–Trinajstić information content (AvgIpc) is 2.89. The molecular formula is C17H23ClO3. The van der Waals surface area contributed by atoms with E-state index in [1.165, 1.54) is 12.8 Å². The van der Waals surface area contributed by atoms with E-state index in [0.717, 1.165) is 29.7 Å². The third kappa shape index (κ3) is 3.52. The molecule has 1 aromatic rings. The molecule has 1 aliphatic rings. The lowest BCUT2D eigenvalue weighted by molar-refractivity contribution is -0.138. The Labute approximate surface area is 131 Å². The van der Waals surface area contributed by atoms with Gasteiger partial charge in [0.25, 0.3) is 0 Å². The molecule has 0 aromatic heterocycles. The molecule has 2 rings (SSSR count). The molecule has 4 heteroatoms. The van der Waals surface area contributed by atoms with Crippen LogP contribution >= 0.6 is 11.6 Å². The van der Waals surface area contributed by atoms with Gasteiger partial charge in [0.05, 0.1) is 18.6 Å². The van der Waals surface area contributed by atoms with Crippen molar-refractivity contribution in [3.63, 3.8) is 0 Å². The first-order valence-electron chi connectivity index (χ1n) is 7.45. The molecule has 1 aromatic carbocycles. The molecule has 1 fully saturated rings. The van der Waals surface area contributed by atoms with Crippen molar-refractivity contribution < 1.29 is 14.6 Å². The Morgan fingerprint density at radius 1 is 1.38 bits per heavy atom. The summed E-state index contributed by atoms with van der Waals surface area (Å²) >= 11 is 6.38. The van der Waals surface area contributed by atoms with Gasteiger partial charge in [0, 0.05) is 5.41 Å². The Bertz CT molecular complexity index is 531. The number of hydrogen-bond acceptors (Lipinski definition) is 2. The van der Waals surface area contributed by atoms with Gasteiger partial charge >= 0.3 is 5.97 Å². The predicted molar refractivity (Wildman–Crippen MR) is 84.5 cm³/mol. The van der Waals surface area contributed by atoms with Gasteiger partial charge in [0.1, 0.15) is 5.75 Å². The maximum Gasteiger partial charge on any atom is 0.304 e. The minimum atomic E-state index is -0.797. The first-order valence-corrected chi connectivity index (χ1v) is 7.82. The Morgan fingerprint density at radius 3 is 2.52 bits per heavy atom. The smallest absolute Gasteiger partial charge is 0.304 e. The molecule has 0 unspecified atom stereocenters. The van der Waals surface area contributed by atoms with E-state index >= 15 is 0 Å². The second kappa shape index (κ2) is 6.27. The van der Waals surface area contributed by atoms with Crippen LogP contribution in [0.5, 0.6) is 5.75 Å². The van der Waals surface area contributed by atoms with Crippen molar-refractivity contribution >= 4 is 17.6 Å². The number of hydrogen-bond donors (Lipinski definition) is 1. The molecule has 0 saturated heterocycles. The van der Waals surface area contributed by atoms with E-state index in [1.807, 2.05) is 19.9 Å². The van der Waals surface area contributed by atoms with Gasteiger partial charge in [-0.1, -0.05) is 44.4 Å². The SMILES string of the molecule is COc1c(Cl)cc(C(C)(C)CC(=O)O)cc1C1CCCC1. The monoisotopic (exact) mass is 310 g/mol. The lowest BCUT2D eigenvalue weighted by Gasteiger charge is -2.26. The van der Waals surface area contributed by atoms with E-state index < -0.39 is 11.4 Å². The van der Waals surface area contributed by atoms with Crippen molar-refractivity contribution in [2.24, 2.45) is 0 Å². The fourth-order valence-corrected chi connectivity index (χ4v) is 3.54. The minimum Gasteiger partial charge on any atom is -0.495 e. The zero-order valence-electron chi connectivity index (χ0n) is 12.9. The summed E-state index contributed by atoms with van der Waals surface area (Å²) in [4.78, 5) is 11.1. The largest absolute Gasteiger partial charge is 0.495 e. The van der Waals surface area contributed by atoms with Crippen LogP contribution in [-0.4, -0.2) is 18.2 Å². The Kier molecular flexibility index (Phi) is 4.82. The zero-order valence-corrected chi connectivity index (χ0v) is 13.7. The highest BCUT2D eigenvalue weighted by atomic mass is 35.5. The number of carbonyl (C=O) groups is 1. The van der Waals surface area contributed by atoms with Crippen molar-refractivity contribution in [3.05, 3.63) is 28.3 Å². The molecule has 0 amide bonds. The van der Waals surface area contributed by atoms with Crippen molar-refractivity contribution in [3.8, 4) is 5.75 Å². The van der Waals surface area contributed by atoms with Crippen LogP contribution in [0.2, 0.25) is 5.02 Å². The predicted octanol–water partition coefficient (Wildman–Crippen LogP) is 4.76. The summed E-state index contributed by atoms with van der Waals surface area (Å²) < 4.78 is 5.49. The fourth-order valence-electron chi connectivity index (χ4n) is 3.24. The number of ether oxygens (including phenoxy) is 1. The number of aliphatic carboxylic acids is 1. The standard InChI is InChI=1S/C17H23ClO3/c1-17(2,10-15(19)20)12-8-13(11-6-4-5-7-11)16(21-3)14(18)9-12/h8-9,11H,4-7,10H2,1-3H3,(H,19,20). The molecule has 116 valence electrons. The van der Waals surface area contributed by atoms with Gasteiger partial charge in [0.2, 0.25) is 0 Å². The zero-order chi connectivity index (χ0) is 15.6. The molecular weight excluding hydrogens is 288 g/mol. The van der Waals surface area contributed by atoms with Crippen LogP contribution in [0.25, 0.3) is 0 Å². The molecule has 0 bridgehead atoms. The average molecular weight is 311 g/mol. The van der Waals surface area contributed by atoms with Crippen LogP contribution in [0, 0.1) is 0 Å². The molecule has 1 saturated carbocycles. The lowest BCUT2D eigenvalue weighted by Crippen LogP contribution is -2.22. The maximum absolute atomic E-state index is 11.1. The first-order chi connectivity index (χ1) is 9.85. The summed E-state index contributed by atoms with van der Waals surface area (Å²) in [6, 6.07) is 3.95. The highest BCUT2D eigenvalue weighted by Crippen LogP contribution is 2.44. The van der Waals surface area contributed by atoms with Gasteiger partial charge in [-0.3, -0.25) is 4.79 Å². The van der Waals surface area contributed by atoms with Crippen molar-refractivity contribution in [2.75, 3.05) is 7.11 Å². The highest BCUT2D eigenvalue weighted by Gasteiger charge is 2.29.